The molecule has 1 aromatic heterocycles. The fraction of sp³-hybridized carbons (Fsp3) is 0.292. The molecule has 0 saturated heterocycles. The zero-order valence-corrected chi connectivity index (χ0v) is 19.9. The summed E-state index contributed by atoms with van der Waals surface area (Å²) < 4.78 is 13.4. The largest absolute Gasteiger partial charge is 1.00 e. The average molecular weight is 417 g/mol. The number of aliphatic carboxylic acids is 1. The number of aromatic nitrogens is 1. The van der Waals surface area contributed by atoms with E-state index >= 15 is 0 Å². The Labute approximate surface area is 201 Å². The predicted molar refractivity (Wildman–Crippen MR) is 114 cm³/mol. The van der Waals surface area contributed by atoms with E-state index in [0.717, 1.165) is 17.9 Å². The molecule has 0 radical (unpaired) electrons. The van der Waals surface area contributed by atoms with Gasteiger partial charge >= 0.3 is 35.5 Å². The van der Waals surface area contributed by atoms with Gasteiger partial charge in [-0.15, -0.1) is 0 Å². The van der Waals surface area contributed by atoms with Gasteiger partial charge in [0.1, 0.15) is 12.4 Å². The molecule has 0 saturated carbocycles. The smallest absolute Gasteiger partial charge is 1.00 e. The van der Waals surface area contributed by atoms with Gasteiger partial charge in [-0.1, -0.05) is 42.5 Å². The Morgan fingerprint density at radius 3 is 2.40 bits per heavy atom. The minimum absolute atomic E-state index is 0. The summed E-state index contributed by atoms with van der Waals surface area (Å²) in [7, 11) is 0. The maximum absolute atomic E-state index is 11.2. The van der Waals surface area contributed by atoms with Crippen molar-refractivity contribution in [2.75, 3.05) is 13.2 Å². The number of aryl methyl sites for hydroxylation is 1. The molecule has 0 unspecified atom stereocenters. The number of carbonyl (C=O) groups is 1. The van der Waals surface area contributed by atoms with Crippen molar-refractivity contribution in [1.29, 1.82) is 0 Å². The van der Waals surface area contributed by atoms with Gasteiger partial charge < -0.3 is 20.6 Å². The number of carboxylic acids is 1. The molecule has 0 aliphatic carbocycles. The Morgan fingerprint density at radius 1 is 1.07 bits per heavy atom. The van der Waals surface area contributed by atoms with E-state index in [1.54, 1.807) is 6.92 Å². The third-order valence-electron chi connectivity index (χ3n) is 4.84. The first kappa shape index (κ1) is 24.2. The third-order valence-corrected chi connectivity index (χ3v) is 4.84. The van der Waals surface area contributed by atoms with E-state index in [2.05, 4.69) is 35.8 Å². The summed E-state index contributed by atoms with van der Waals surface area (Å²) in [6.07, 6.45) is -0.480. The van der Waals surface area contributed by atoms with Crippen LogP contribution in [-0.2, 0) is 22.5 Å². The molecule has 6 heteroatoms. The van der Waals surface area contributed by atoms with Gasteiger partial charge in [0.15, 0.2) is 6.10 Å². The van der Waals surface area contributed by atoms with Gasteiger partial charge in [0.2, 0.25) is 0 Å². The van der Waals surface area contributed by atoms with Crippen molar-refractivity contribution in [2.45, 2.75) is 32.9 Å². The maximum atomic E-state index is 11.2. The molecule has 1 atom stereocenters. The zero-order chi connectivity index (χ0) is 20.6. The van der Waals surface area contributed by atoms with Crippen molar-refractivity contribution >= 4 is 5.97 Å². The average Bonchev–Trinajstić information content (AvgIpc) is 3.10. The van der Waals surface area contributed by atoms with Crippen LogP contribution in [0.5, 0.6) is 5.75 Å². The van der Waals surface area contributed by atoms with Gasteiger partial charge in [-0.3, -0.25) is 0 Å². The van der Waals surface area contributed by atoms with Gasteiger partial charge in [-0.25, -0.2) is 4.79 Å². The molecule has 3 rings (SSSR count). The molecule has 154 valence electrons. The van der Waals surface area contributed by atoms with Crippen LogP contribution >= 0.6 is 0 Å². The first-order valence-electron chi connectivity index (χ1n) is 9.86. The van der Waals surface area contributed by atoms with Crippen LogP contribution in [0.2, 0.25) is 0 Å². The second-order valence-electron chi connectivity index (χ2n) is 6.86. The van der Waals surface area contributed by atoms with Crippen molar-refractivity contribution < 1.29 is 50.4 Å². The number of rotatable bonds is 10. The summed E-state index contributed by atoms with van der Waals surface area (Å²) in [5.41, 5.74) is 4.47. The standard InChI is InChI=1S/C24H27NO4.Na.H/c1-3-28-23(24(26)27)17-19-10-12-21(13-11-19)29-16-15-25-18(2)9-14-22(25)20-7-5-4-6-8-20;;/h4-14,23H,3,15-17H2,1-2H3,(H,26,27);;/q;+1;-1/t23-;;/m0../s1. The Hall–Kier alpha value is -2.05. The molecule has 3 aromatic rings. The van der Waals surface area contributed by atoms with Crippen molar-refractivity contribution in [2.24, 2.45) is 0 Å². The second kappa shape index (κ2) is 12.0. The summed E-state index contributed by atoms with van der Waals surface area (Å²) in [6.45, 7) is 5.56. The van der Waals surface area contributed by atoms with Gasteiger partial charge in [-0.05, 0) is 49.2 Å². The molecular formula is C24H28NNaO4. The Morgan fingerprint density at radius 2 is 1.77 bits per heavy atom. The predicted octanol–water partition coefficient (Wildman–Crippen LogP) is 1.69. The van der Waals surface area contributed by atoms with E-state index in [9.17, 15) is 9.90 Å². The van der Waals surface area contributed by atoms with Crippen molar-refractivity contribution in [3.8, 4) is 17.0 Å². The molecule has 0 fully saturated rings. The minimum atomic E-state index is -0.941. The summed E-state index contributed by atoms with van der Waals surface area (Å²) >= 11 is 0. The number of hydrogen-bond donors (Lipinski definition) is 1. The number of benzene rings is 2. The van der Waals surface area contributed by atoms with Gasteiger partial charge in [0, 0.05) is 24.4 Å². The van der Waals surface area contributed by atoms with Gasteiger partial charge in [0.05, 0.1) is 6.54 Å². The summed E-state index contributed by atoms with van der Waals surface area (Å²) in [6, 6.07) is 22.1. The SMILES string of the molecule is CCO[C@@H](Cc1ccc(OCCn2c(C)ccc2-c2ccccc2)cc1)C(=O)O.[H-].[Na+]. The molecule has 0 amide bonds. The maximum Gasteiger partial charge on any atom is 1.00 e. The number of nitrogens with zero attached hydrogens (tertiary/aromatic N) is 1. The monoisotopic (exact) mass is 417 g/mol. The third kappa shape index (κ3) is 6.47. The summed E-state index contributed by atoms with van der Waals surface area (Å²) in [5.74, 6) is -0.174. The van der Waals surface area contributed by atoms with Crippen LogP contribution in [0.4, 0.5) is 0 Å². The van der Waals surface area contributed by atoms with Crippen molar-refractivity contribution in [1.82, 2.24) is 4.57 Å². The second-order valence-corrected chi connectivity index (χ2v) is 6.86. The number of carboxylic acid groups (broad SMARTS) is 1. The molecule has 2 aromatic carbocycles. The van der Waals surface area contributed by atoms with E-state index in [1.165, 1.54) is 17.0 Å². The van der Waals surface area contributed by atoms with Gasteiger partial charge in [-0.2, -0.15) is 0 Å². The molecule has 0 aliphatic rings. The molecule has 0 spiro atoms. The molecule has 5 nitrogen and oxygen atoms in total. The number of hydrogen-bond acceptors (Lipinski definition) is 3. The molecule has 1 N–H and O–H groups in total. The van der Waals surface area contributed by atoms with Crippen LogP contribution in [-0.4, -0.2) is 35.0 Å². The Bertz CT molecular complexity index is 929. The Balaban J connectivity index is 0.00000240. The van der Waals surface area contributed by atoms with Crippen LogP contribution < -0.4 is 34.3 Å². The zero-order valence-electron chi connectivity index (χ0n) is 18.9. The summed E-state index contributed by atoms with van der Waals surface area (Å²) in [5, 5.41) is 9.20. The molecule has 30 heavy (non-hydrogen) atoms. The Kier molecular flexibility index (Phi) is 9.66. The van der Waals surface area contributed by atoms with E-state index in [1.807, 2.05) is 42.5 Å². The van der Waals surface area contributed by atoms with Crippen molar-refractivity contribution in [3.63, 3.8) is 0 Å². The van der Waals surface area contributed by atoms with E-state index < -0.39 is 12.1 Å². The normalized spacial score (nSPS) is 11.5. The fourth-order valence-corrected chi connectivity index (χ4v) is 3.34. The van der Waals surface area contributed by atoms with Gasteiger partial charge in [0.25, 0.3) is 0 Å². The first-order chi connectivity index (χ1) is 14.1. The summed E-state index contributed by atoms with van der Waals surface area (Å²) in [4.78, 5) is 11.2. The minimum Gasteiger partial charge on any atom is -1.00 e. The molecule has 0 aliphatic heterocycles. The molecule has 1 heterocycles. The number of ether oxygens (including phenoxy) is 2. The quantitative estimate of drug-likeness (QED) is 0.510. The molecule has 0 bridgehead atoms. The van der Waals surface area contributed by atoms with Crippen LogP contribution in [0.15, 0.2) is 66.7 Å². The first-order valence-corrected chi connectivity index (χ1v) is 9.86. The fourth-order valence-electron chi connectivity index (χ4n) is 3.34. The van der Waals surface area contributed by atoms with Crippen molar-refractivity contribution in [3.05, 3.63) is 78.0 Å². The van der Waals surface area contributed by atoms with E-state index in [-0.39, 0.29) is 31.0 Å². The van der Waals surface area contributed by atoms with E-state index in [4.69, 9.17) is 9.47 Å². The van der Waals surface area contributed by atoms with Crippen LogP contribution in [0.3, 0.4) is 0 Å². The van der Waals surface area contributed by atoms with Crippen LogP contribution in [0.25, 0.3) is 11.3 Å². The van der Waals surface area contributed by atoms with Crippen LogP contribution in [0.1, 0.15) is 19.6 Å². The van der Waals surface area contributed by atoms with Crippen LogP contribution in [0, 0.1) is 6.92 Å². The topological polar surface area (TPSA) is 60.7 Å². The molecular weight excluding hydrogens is 389 g/mol. The van der Waals surface area contributed by atoms with E-state index in [0.29, 0.717) is 19.6 Å².